The first-order chi connectivity index (χ1) is 6.20. The van der Waals surface area contributed by atoms with E-state index in [9.17, 15) is 13.9 Å². The van der Waals surface area contributed by atoms with E-state index in [0.717, 1.165) is 12.8 Å². The van der Waals surface area contributed by atoms with Crippen molar-refractivity contribution in [2.45, 2.75) is 18.9 Å². The van der Waals surface area contributed by atoms with E-state index < -0.39 is 17.7 Å². The van der Waals surface area contributed by atoms with Crippen molar-refractivity contribution >= 4 is 0 Å². The first kappa shape index (κ1) is 8.63. The molecular weight excluding hydrogens is 174 g/mol. The Kier molecular flexibility index (Phi) is 2.04. The molecule has 1 saturated carbocycles. The Hall–Kier alpha value is -0.960. The van der Waals surface area contributed by atoms with Crippen LogP contribution in [0.2, 0.25) is 0 Å². The maximum Gasteiger partial charge on any atom is 0.131 e. The fourth-order valence-corrected chi connectivity index (χ4v) is 1.44. The van der Waals surface area contributed by atoms with Crippen molar-refractivity contribution in [1.82, 2.24) is 0 Å². The SMILES string of the molecule is OC(c1c(F)cccc1F)C1CC1. The Bertz CT molecular complexity index is 300. The third-order valence-corrected chi connectivity index (χ3v) is 2.36. The van der Waals surface area contributed by atoms with Crippen molar-refractivity contribution in [3.63, 3.8) is 0 Å². The molecule has 1 N–H and O–H groups in total. The third-order valence-electron chi connectivity index (χ3n) is 2.36. The van der Waals surface area contributed by atoms with Gasteiger partial charge >= 0.3 is 0 Å². The van der Waals surface area contributed by atoms with Gasteiger partial charge in [0.05, 0.1) is 11.7 Å². The zero-order chi connectivity index (χ0) is 9.42. The molecule has 0 spiro atoms. The van der Waals surface area contributed by atoms with Crippen molar-refractivity contribution in [3.05, 3.63) is 35.4 Å². The lowest BCUT2D eigenvalue weighted by Gasteiger charge is -2.11. The fraction of sp³-hybridized carbons (Fsp3) is 0.400. The number of rotatable bonds is 2. The van der Waals surface area contributed by atoms with E-state index >= 15 is 0 Å². The van der Waals surface area contributed by atoms with E-state index in [0.29, 0.717) is 0 Å². The summed E-state index contributed by atoms with van der Waals surface area (Å²) in [4.78, 5) is 0. The zero-order valence-electron chi connectivity index (χ0n) is 7.00. The minimum absolute atomic E-state index is 0.0476. The van der Waals surface area contributed by atoms with Gasteiger partial charge in [-0.3, -0.25) is 0 Å². The molecule has 1 aromatic carbocycles. The predicted molar refractivity (Wildman–Crippen MR) is 44.0 cm³/mol. The molecule has 1 aromatic rings. The summed E-state index contributed by atoms with van der Waals surface area (Å²) in [6, 6.07) is 3.64. The van der Waals surface area contributed by atoms with Crippen LogP contribution in [-0.4, -0.2) is 5.11 Å². The Labute approximate surface area is 75.0 Å². The molecule has 0 heterocycles. The van der Waals surface area contributed by atoms with E-state index in [1.807, 2.05) is 0 Å². The van der Waals surface area contributed by atoms with Crippen LogP contribution in [-0.2, 0) is 0 Å². The number of benzene rings is 1. The molecule has 13 heavy (non-hydrogen) atoms. The summed E-state index contributed by atoms with van der Waals surface area (Å²) < 4.78 is 26.2. The third kappa shape index (κ3) is 1.56. The van der Waals surface area contributed by atoms with Crippen LogP contribution in [0.15, 0.2) is 18.2 Å². The zero-order valence-corrected chi connectivity index (χ0v) is 7.00. The Morgan fingerprint density at radius 2 is 1.77 bits per heavy atom. The lowest BCUT2D eigenvalue weighted by molar-refractivity contribution is 0.144. The highest BCUT2D eigenvalue weighted by atomic mass is 19.1. The van der Waals surface area contributed by atoms with E-state index in [1.54, 1.807) is 0 Å². The lowest BCUT2D eigenvalue weighted by atomic mass is 10.0. The second kappa shape index (κ2) is 3.07. The molecule has 2 rings (SSSR count). The van der Waals surface area contributed by atoms with Gasteiger partial charge in [-0.25, -0.2) is 8.78 Å². The Morgan fingerprint density at radius 1 is 1.23 bits per heavy atom. The molecule has 1 atom stereocenters. The van der Waals surface area contributed by atoms with Crippen LogP contribution in [0, 0.1) is 17.6 Å². The molecular formula is C10H10F2O. The molecule has 0 saturated heterocycles. The average Bonchev–Trinajstić information content (AvgIpc) is 2.85. The molecule has 1 aliphatic carbocycles. The van der Waals surface area contributed by atoms with Crippen LogP contribution in [0.25, 0.3) is 0 Å². The summed E-state index contributed by atoms with van der Waals surface area (Å²) >= 11 is 0. The number of aliphatic hydroxyl groups excluding tert-OH is 1. The molecule has 0 bridgehead atoms. The largest absolute Gasteiger partial charge is 0.388 e. The summed E-state index contributed by atoms with van der Waals surface area (Å²) in [5.41, 5.74) is -0.176. The molecule has 1 fully saturated rings. The second-order valence-corrected chi connectivity index (χ2v) is 3.42. The van der Waals surface area contributed by atoms with Crippen LogP contribution in [0.1, 0.15) is 24.5 Å². The van der Waals surface area contributed by atoms with Crippen molar-refractivity contribution in [2.75, 3.05) is 0 Å². The van der Waals surface area contributed by atoms with Gasteiger partial charge in [0.1, 0.15) is 11.6 Å². The van der Waals surface area contributed by atoms with Crippen LogP contribution in [0.5, 0.6) is 0 Å². The van der Waals surface area contributed by atoms with E-state index in [2.05, 4.69) is 0 Å². The van der Waals surface area contributed by atoms with Gasteiger partial charge in [-0.15, -0.1) is 0 Å². The van der Waals surface area contributed by atoms with Crippen molar-refractivity contribution < 1.29 is 13.9 Å². The highest BCUT2D eigenvalue weighted by Gasteiger charge is 2.33. The number of halogens is 2. The summed E-state index contributed by atoms with van der Waals surface area (Å²) in [7, 11) is 0. The van der Waals surface area contributed by atoms with Crippen molar-refractivity contribution in [2.24, 2.45) is 5.92 Å². The lowest BCUT2D eigenvalue weighted by Crippen LogP contribution is -2.05. The fourth-order valence-electron chi connectivity index (χ4n) is 1.44. The standard InChI is InChI=1S/C10H10F2O/c11-7-2-1-3-8(12)9(7)10(13)6-4-5-6/h1-3,6,10,13H,4-5H2. The van der Waals surface area contributed by atoms with Crippen molar-refractivity contribution in [1.29, 1.82) is 0 Å². The number of hydrogen-bond donors (Lipinski definition) is 1. The molecule has 70 valence electrons. The van der Waals surface area contributed by atoms with Crippen LogP contribution in [0.3, 0.4) is 0 Å². The average molecular weight is 184 g/mol. The molecule has 0 aromatic heterocycles. The van der Waals surface area contributed by atoms with Gasteiger partial charge in [-0.1, -0.05) is 6.07 Å². The van der Waals surface area contributed by atoms with Gasteiger partial charge in [0.2, 0.25) is 0 Å². The second-order valence-electron chi connectivity index (χ2n) is 3.42. The van der Waals surface area contributed by atoms with Gasteiger partial charge < -0.3 is 5.11 Å². The first-order valence-corrected chi connectivity index (χ1v) is 4.32. The van der Waals surface area contributed by atoms with Gasteiger partial charge in [0, 0.05) is 0 Å². The first-order valence-electron chi connectivity index (χ1n) is 4.32. The molecule has 1 aliphatic rings. The topological polar surface area (TPSA) is 20.2 Å². The normalized spacial score (nSPS) is 18.7. The van der Waals surface area contributed by atoms with Gasteiger partial charge in [-0.05, 0) is 30.9 Å². The summed E-state index contributed by atoms with van der Waals surface area (Å²) in [5, 5.41) is 9.54. The molecule has 0 amide bonds. The van der Waals surface area contributed by atoms with E-state index in [4.69, 9.17) is 0 Å². The maximum absolute atomic E-state index is 13.1. The summed E-state index contributed by atoms with van der Waals surface area (Å²) in [5.74, 6) is -1.26. The Balaban J connectivity index is 2.36. The van der Waals surface area contributed by atoms with Gasteiger partial charge in [0.15, 0.2) is 0 Å². The number of hydrogen-bond acceptors (Lipinski definition) is 1. The molecule has 3 heteroatoms. The molecule has 0 radical (unpaired) electrons. The van der Waals surface area contributed by atoms with Gasteiger partial charge in [0.25, 0.3) is 0 Å². The minimum atomic E-state index is -0.971. The van der Waals surface area contributed by atoms with Gasteiger partial charge in [-0.2, -0.15) is 0 Å². The van der Waals surface area contributed by atoms with Crippen LogP contribution >= 0.6 is 0 Å². The molecule has 1 nitrogen and oxygen atoms in total. The van der Waals surface area contributed by atoms with Crippen LogP contribution in [0.4, 0.5) is 8.78 Å². The monoisotopic (exact) mass is 184 g/mol. The highest BCUT2D eigenvalue weighted by molar-refractivity contribution is 5.23. The quantitative estimate of drug-likeness (QED) is 0.748. The summed E-state index contributed by atoms with van der Waals surface area (Å²) in [6.45, 7) is 0. The maximum atomic E-state index is 13.1. The summed E-state index contributed by atoms with van der Waals surface area (Å²) in [6.07, 6.45) is 0.741. The van der Waals surface area contributed by atoms with E-state index in [-0.39, 0.29) is 11.5 Å². The highest BCUT2D eigenvalue weighted by Crippen LogP contribution is 2.42. The van der Waals surface area contributed by atoms with E-state index in [1.165, 1.54) is 18.2 Å². The predicted octanol–water partition coefficient (Wildman–Crippen LogP) is 2.41. The minimum Gasteiger partial charge on any atom is -0.388 e. The van der Waals surface area contributed by atoms with Crippen LogP contribution < -0.4 is 0 Å². The van der Waals surface area contributed by atoms with Crippen molar-refractivity contribution in [3.8, 4) is 0 Å². The molecule has 0 aliphatic heterocycles. The number of aliphatic hydroxyl groups is 1. The Morgan fingerprint density at radius 3 is 2.23 bits per heavy atom. The smallest absolute Gasteiger partial charge is 0.131 e. The molecule has 1 unspecified atom stereocenters.